The van der Waals surface area contributed by atoms with Crippen molar-refractivity contribution in [3.8, 4) is 0 Å². The summed E-state index contributed by atoms with van der Waals surface area (Å²) in [5.74, 6) is 2.05. The second-order valence-corrected chi connectivity index (χ2v) is 6.63. The van der Waals surface area contributed by atoms with Crippen molar-refractivity contribution in [2.45, 2.75) is 70.5 Å². The van der Waals surface area contributed by atoms with Crippen molar-refractivity contribution in [2.24, 2.45) is 11.8 Å². The fourth-order valence-electron chi connectivity index (χ4n) is 4.16. The molecule has 1 aliphatic carbocycles. The predicted octanol–water partition coefficient (Wildman–Crippen LogP) is 2.64. The Hall–Kier alpha value is -0.0800. The van der Waals surface area contributed by atoms with Crippen molar-refractivity contribution >= 4 is 0 Å². The van der Waals surface area contributed by atoms with Gasteiger partial charge in [-0.3, -0.25) is 4.90 Å². The molecule has 0 aromatic heterocycles. The molecular formula is C15H28N2. The third kappa shape index (κ3) is 2.53. The van der Waals surface area contributed by atoms with E-state index in [1.165, 1.54) is 45.1 Å². The summed E-state index contributed by atoms with van der Waals surface area (Å²) in [5, 5.41) is 3.68. The smallest absolute Gasteiger partial charge is 0.0113 e. The first-order valence-electron chi connectivity index (χ1n) is 7.77. The van der Waals surface area contributed by atoms with Crippen LogP contribution in [0.2, 0.25) is 0 Å². The number of piperidine rings is 2. The summed E-state index contributed by atoms with van der Waals surface area (Å²) in [6, 6.07) is 2.61. The van der Waals surface area contributed by atoms with Crippen LogP contribution in [0.25, 0.3) is 0 Å². The molecule has 2 saturated heterocycles. The van der Waals surface area contributed by atoms with E-state index in [1.54, 1.807) is 0 Å². The lowest BCUT2D eigenvalue weighted by molar-refractivity contribution is 0.0202. The molecule has 3 fully saturated rings. The van der Waals surface area contributed by atoms with E-state index in [9.17, 15) is 0 Å². The van der Waals surface area contributed by atoms with Gasteiger partial charge in [0.1, 0.15) is 0 Å². The first-order chi connectivity index (χ1) is 8.28. The van der Waals surface area contributed by atoms with Gasteiger partial charge in [0.15, 0.2) is 0 Å². The molecule has 0 aromatic rings. The Morgan fingerprint density at radius 3 is 2.29 bits per heavy atom. The fourth-order valence-corrected chi connectivity index (χ4v) is 4.16. The van der Waals surface area contributed by atoms with Crippen LogP contribution in [0.4, 0.5) is 0 Å². The molecular weight excluding hydrogens is 208 g/mol. The molecule has 4 atom stereocenters. The molecule has 98 valence electrons. The monoisotopic (exact) mass is 236 g/mol. The summed E-state index contributed by atoms with van der Waals surface area (Å²) < 4.78 is 0. The molecule has 1 N–H and O–H groups in total. The highest BCUT2D eigenvalue weighted by Gasteiger charge is 2.42. The summed E-state index contributed by atoms with van der Waals surface area (Å²) >= 11 is 0. The molecule has 2 heteroatoms. The molecule has 2 aliphatic heterocycles. The minimum absolute atomic E-state index is 0.808. The summed E-state index contributed by atoms with van der Waals surface area (Å²) in [4.78, 5) is 2.89. The molecule has 0 amide bonds. The van der Waals surface area contributed by atoms with Crippen molar-refractivity contribution in [1.29, 1.82) is 0 Å². The molecule has 1 saturated carbocycles. The highest BCUT2D eigenvalue weighted by Crippen LogP contribution is 2.42. The molecule has 17 heavy (non-hydrogen) atoms. The third-order valence-electron chi connectivity index (χ3n) is 5.34. The Morgan fingerprint density at radius 1 is 1.12 bits per heavy atom. The van der Waals surface area contributed by atoms with Crippen LogP contribution < -0.4 is 5.32 Å². The van der Waals surface area contributed by atoms with Gasteiger partial charge < -0.3 is 5.32 Å². The number of nitrogens with one attached hydrogen (secondary N) is 1. The summed E-state index contributed by atoms with van der Waals surface area (Å²) in [5.41, 5.74) is 0. The quantitative estimate of drug-likeness (QED) is 0.807. The minimum Gasteiger partial charge on any atom is -0.314 e. The van der Waals surface area contributed by atoms with Gasteiger partial charge in [-0.2, -0.15) is 0 Å². The van der Waals surface area contributed by atoms with Crippen LogP contribution >= 0.6 is 0 Å². The number of fused-ring (bicyclic) bond motifs is 2. The highest BCUT2D eigenvalue weighted by molar-refractivity contribution is 4.97. The molecule has 4 unspecified atom stereocenters. The standard InChI is InChI=1S/C15H28N2/c1-3-16-13-8-14-5-4-6-15(9-13)17(14)10-12-7-11(12)2/h11-16H,3-10H2,1-2H3. The zero-order valence-corrected chi connectivity index (χ0v) is 11.5. The molecule has 2 bridgehead atoms. The van der Waals surface area contributed by atoms with Gasteiger partial charge in [0.25, 0.3) is 0 Å². The lowest BCUT2D eigenvalue weighted by Crippen LogP contribution is -2.56. The predicted molar refractivity (Wildman–Crippen MR) is 72.1 cm³/mol. The van der Waals surface area contributed by atoms with E-state index < -0.39 is 0 Å². The van der Waals surface area contributed by atoms with Gasteiger partial charge in [0, 0.05) is 24.7 Å². The van der Waals surface area contributed by atoms with Gasteiger partial charge in [0.2, 0.25) is 0 Å². The molecule has 0 spiro atoms. The zero-order valence-electron chi connectivity index (χ0n) is 11.5. The molecule has 2 heterocycles. The normalized spacial score (nSPS) is 45.9. The van der Waals surface area contributed by atoms with Gasteiger partial charge in [-0.25, -0.2) is 0 Å². The van der Waals surface area contributed by atoms with Crippen molar-refractivity contribution in [1.82, 2.24) is 10.2 Å². The van der Waals surface area contributed by atoms with Crippen LogP contribution in [-0.4, -0.2) is 36.1 Å². The summed E-state index contributed by atoms with van der Waals surface area (Å²) in [6.07, 6.45) is 8.70. The van der Waals surface area contributed by atoms with Crippen LogP contribution in [0.5, 0.6) is 0 Å². The SMILES string of the molecule is CCNC1CC2CCCC(C1)N2CC1CC1C. The zero-order chi connectivity index (χ0) is 11.8. The maximum Gasteiger partial charge on any atom is 0.0113 e. The van der Waals surface area contributed by atoms with Crippen LogP contribution in [-0.2, 0) is 0 Å². The van der Waals surface area contributed by atoms with Gasteiger partial charge in [-0.15, -0.1) is 0 Å². The van der Waals surface area contributed by atoms with Crippen molar-refractivity contribution in [2.75, 3.05) is 13.1 Å². The largest absolute Gasteiger partial charge is 0.314 e. The van der Waals surface area contributed by atoms with Crippen molar-refractivity contribution < 1.29 is 0 Å². The van der Waals surface area contributed by atoms with Gasteiger partial charge in [0.05, 0.1) is 0 Å². The highest BCUT2D eigenvalue weighted by atomic mass is 15.2. The lowest BCUT2D eigenvalue weighted by Gasteiger charge is -2.49. The third-order valence-corrected chi connectivity index (χ3v) is 5.34. The second kappa shape index (κ2) is 4.89. The van der Waals surface area contributed by atoms with Crippen molar-refractivity contribution in [3.63, 3.8) is 0 Å². The topological polar surface area (TPSA) is 15.3 Å². The number of nitrogens with zero attached hydrogens (tertiary/aromatic N) is 1. The summed E-state index contributed by atoms with van der Waals surface area (Å²) in [7, 11) is 0. The van der Waals surface area contributed by atoms with E-state index in [4.69, 9.17) is 0 Å². The fraction of sp³-hybridized carbons (Fsp3) is 1.00. The van der Waals surface area contributed by atoms with Gasteiger partial charge in [-0.05, 0) is 50.5 Å². The first kappa shape index (κ1) is 12.0. The molecule has 3 aliphatic rings. The van der Waals surface area contributed by atoms with E-state index in [1.807, 2.05) is 0 Å². The Bertz CT molecular complexity index is 252. The van der Waals surface area contributed by atoms with Crippen LogP contribution in [0.15, 0.2) is 0 Å². The maximum atomic E-state index is 3.68. The average Bonchev–Trinajstić information content (AvgIpc) is 2.96. The number of rotatable bonds is 4. The van der Waals surface area contributed by atoms with E-state index in [0.717, 1.165) is 36.5 Å². The number of hydrogen-bond donors (Lipinski definition) is 1. The Kier molecular flexibility index (Phi) is 3.45. The summed E-state index contributed by atoms with van der Waals surface area (Å²) in [6.45, 7) is 7.22. The Labute approximate surface area is 106 Å². The van der Waals surface area contributed by atoms with Crippen LogP contribution in [0.1, 0.15) is 52.4 Å². The minimum atomic E-state index is 0.808. The molecule has 0 aromatic carbocycles. The second-order valence-electron chi connectivity index (χ2n) is 6.63. The Morgan fingerprint density at radius 2 is 1.76 bits per heavy atom. The average molecular weight is 236 g/mol. The van der Waals surface area contributed by atoms with E-state index in [-0.39, 0.29) is 0 Å². The van der Waals surface area contributed by atoms with E-state index >= 15 is 0 Å². The van der Waals surface area contributed by atoms with E-state index in [0.29, 0.717) is 0 Å². The molecule has 3 rings (SSSR count). The molecule has 0 radical (unpaired) electrons. The maximum absolute atomic E-state index is 3.68. The van der Waals surface area contributed by atoms with Crippen LogP contribution in [0, 0.1) is 11.8 Å². The van der Waals surface area contributed by atoms with E-state index in [2.05, 4.69) is 24.1 Å². The van der Waals surface area contributed by atoms with Gasteiger partial charge in [-0.1, -0.05) is 20.3 Å². The number of hydrogen-bond acceptors (Lipinski definition) is 2. The van der Waals surface area contributed by atoms with Crippen LogP contribution in [0.3, 0.4) is 0 Å². The first-order valence-corrected chi connectivity index (χ1v) is 7.77. The Balaban J connectivity index is 1.61. The lowest BCUT2D eigenvalue weighted by atomic mass is 9.81. The van der Waals surface area contributed by atoms with Crippen molar-refractivity contribution in [3.05, 3.63) is 0 Å². The van der Waals surface area contributed by atoms with Gasteiger partial charge >= 0.3 is 0 Å². The molecule has 2 nitrogen and oxygen atoms in total.